The molecular weight excluding hydrogens is 444 g/mol. The van der Waals surface area contributed by atoms with E-state index < -0.39 is 29.8 Å². The lowest BCUT2D eigenvalue weighted by Gasteiger charge is -2.25. The van der Waals surface area contributed by atoms with E-state index in [-0.39, 0.29) is 17.4 Å². The van der Waals surface area contributed by atoms with Crippen molar-refractivity contribution in [2.24, 2.45) is 10.9 Å². The number of likely N-dealkylation sites (N-methyl/N-ethyl adjacent to an activating group) is 1. The molecule has 182 valence electrons. The molecule has 2 N–H and O–H groups in total. The van der Waals surface area contributed by atoms with Crippen LogP contribution in [0.5, 0.6) is 0 Å². The summed E-state index contributed by atoms with van der Waals surface area (Å²) in [5.74, 6) is -2.37. The summed E-state index contributed by atoms with van der Waals surface area (Å²) in [6.07, 6.45) is 4.24. The molecule has 0 saturated heterocycles. The van der Waals surface area contributed by atoms with E-state index in [2.05, 4.69) is 10.6 Å². The molecule has 2 aromatic carbocycles. The summed E-state index contributed by atoms with van der Waals surface area (Å²) in [6, 6.07) is 14.7. The van der Waals surface area contributed by atoms with Gasteiger partial charge in [0.2, 0.25) is 17.9 Å². The van der Waals surface area contributed by atoms with Crippen molar-refractivity contribution in [1.29, 1.82) is 0 Å². The van der Waals surface area contributed by atoms with Gasteiger partial charge in [-0.25, -0.2) is 0 Å². The van der Waals surface area contributed by atoms with Crippen LogP contribution in [0.2, 0.25) is 0 Å². The van der Waals surface area contributed by atoms with Gasteiger partial charge >= 0.3 is 0 Å². The highest BCUT2D eigenvalue weighted by Gasteiger charge is 2.34. The van der Waals surface area contributed by atoms with E-state index >= 15 is 0 Å². The smallest absolute Gasteiger partial charge is 0.293 e. The van der Waals surface area contributed by atoms with Gasteiger partial charge in [0, 0.05) is 24.1 Å². The minimum absolute atomic E-state index is 0.212. The zero-order chi connectivity index (χ0) is 24.9. The minimum atomic E-state index is -1.12. The van der Waals surface area contributed by atoms with E-state index in [0.717, 1.165) is 42.6 Å². The van der Waals surface area contributed by atoms with E-state index in [1.54, 1.807) is 25.2 Å². The summed E-state index contributed by atoms with van der Waals surface area (Å²) in [5.41, 5.74) is 2.73. The zero-order valence-electron chi connectivity index (χ0n) is 20.0. The molecule has 1 unspecified atom stereocenters. The van der Waals surface area contributed by atoms with Gasteiger partial charge in [-0.05, 0) is 25.8 Å². The summed E-state index contributed by atoms with van der Waals surface area (Å²) in [6.45, 7) is 1.47. The summed E-state index contributed by atoms with van der Waals surface area (Å²) in [5, 5.41) is 5.11. The third-order valence-electron chi connectivity index (χ3n) is 6.63. The van der Waals surface area contributed by atoms with Crippen LogP contribution in [-0.2, 0) is 14.4 Å². The Hall–Kier alpha value is -3.81. The van der Waals surface area contributed by atoms with Crippen molar-refractivity contribution in [3.8, 4) is 0 Å². The zero-order valence-corrected chi connectivity index (χ0v) is 20.0. The number of amides is 3. The van der Waals surface area contributed by atoms with Crippen LogP contribution < -0.4 is 15.5 Å². The number of benzene rings is 2. The van der Waals surface area contributed by atoms with Crippen molar-refractivity contribution in [2.75, 3.05) is 11.9 Å². The standard InChI is InChI=1S/C27H30N4O4/c1-17(28-26(34)23(32)19-13-7-4-8-14-19)25(33)30-24-27(35)31(2)21-16-10-9-15-20(21)22(29-24)18-11-5-3-6-12-18/h4,7-10,13-18,24H,3,5-6,11-12H2,1-2H3,(H,28,34)(H,30,33)/t17-,24?/m0/s1. The Morgan fingerprint density at radius 1 is 0.971 bits per heavy atom. The lowest BCUT2D eigenvalue weighted by atomic mass is 9.83. The second-order valence-electron chi connectivity index (χ2n) is 9.07. The van der Waals surface area contributed by atoms with Gasteiger partial charge in [0.1, 0.15) is 6.04 Å². The molecule has 1 fully saturated rings. The average Bonchev–Trinajstić information content (AvgIpc) is 2.99. The molecule has 8 nitrogen and oxygen atoms in total. The highest BCUT2D eigenvalue weighted by Crippen LogP contribution is 2.33. The van der Waals surface area contributed by atoms with Crippen LogP contribution in [0.3, 0.4) is 0 Å². The Labute approximate surface area is 204 Å². The van der Waals surface area contributed by atoms with Crippen LogP contribution in [-0.4, -0.2) is 48.5 Å². The number of para-hydroxylation sites is 1. The number of carbonyl (C=O) groups excluding carboxylic acids is 4. The maximum Gasteiger partial charge on any atom is 0.293 e. The summed E-state index contributed by atoms with van der Waals surface area (Å²) < 4.78 is 0. The van der Waals surface area contributed by atoms with E-state index in [9.17, 15) is 19.2 Å². The lowest BCUT2D eigenvalue weighted by molar-refractivity contribution is -0.129. The fourth-order valence-corrected chi connectivity index (χ4v) is 4.65. The van der Waals surface area contributed by atoms with E-state index in [0.29, 0.717) is 0 Å². The molecule has 0 aromatic heterocycles. The fraction of sp³-hybridized carbons (Fsp3) is 0.370. The van der Waals surface area contributed by atoms with Gasteiger partial charge in [-0.3, -0.25) is 24.2 Å². The molecule has 1 heterocycles. The van der Waals surface area contributed by atoms with Crippen molar-refractivity contribution in [2.45, 2.75) is 51.2 Å². The number of hydrogen-bond acceptors (Lipinski definition) is 5. The van der Waals surface area contributed by atoms with Gasteiger partial charge in [-0.15, -0.1) is 0 Å². The quantitative estimate of drug-likeness (QED) is 0.496. The number of aliphatic imine (C=N–C) groups is 1. The minimum Gasteiger partial charge on any atom is -0.338 e. The first-order chi connectivity index (χ1) is 16.9. The molecule has 0 radical (unpaired) electrons. The van der Waals surface area contributed by atoms with Gasteiger partial charge in [0.05, 0.1) is 11.4 Å². The highest BCUT2D eigenvalue weighted by molar-refractivity contribution is 6.43. The monoisotopic (exact) mass is 474 g/mol. The first-order valence-corrected chi connectivity index (χ1v) is 12.0. The molecule has 2 atom stereocenters. The summed E-state index contributed by atoms with van der Waals surface area (Å²) in [7, 11) is 1.67. The molecule has 0 spiro atoms. The molecule has 0 bridgehead atoms. The van der Waals surface area contributed by atoms with Crippen LogP contribution in [0, 0.1) is 5.92 Å². The number of rotatable bonds is 6. The third-order valence-corrected chi connectivity index (χ3v) is 6.63. The van der Waals surface area contributed by atoms with Crippen LogP contribution >= 0.6 is 0 Å². The average molecular weight is 475 g/mol. The normalized spacial score (nSPS) is 19.1. The number of ketones is 1. The number of benzodiazepines with no additional fused rings is 1. The van der Waals surface area contributed by atoms with Crippen molar-refractivity contribution < 1.29 is 19.2 Å². The second-order valence-corrected chi connectivity index (χ2v) is 9.07. The number of hydrogen-bond donors (Lipinski definition) is 2. The predicted molar refractivity (Wildman–Crippen MR) is 133 cm³/mol. The van der Waals surface area contributed by atoms with Gasteiger partial charge in [0.15, 0.2) is 0 Å². The fourth-order valence-electron chi connectivity index (χ4n) is 4.65. The maximum atomic E-state index is 13.3. The Morgan fingerprint density at radius 2 is 1.63 bits per heavy atom. The predicted octanol–water partition coefficient (Wildman–Crippen LogP) is 2.86. The highest BCUT2D eigenvalue weighted by atomic mass is 16.2. The number of fused-ring (bicyclic) bond motifs is 1. The lowest BCUT2D eigenvalue weighted by Crippen LogP contribution is -2.53. The Morgan fingerprint density at radius 3 is 2.34 bits per heavy atom. The first kappa shape index (κ1) is 24.3. The molecule has 1 aliphatic carbocycles. The van der Waals surface area contributed by atoms with Gasteiger partial charge in [0.25, 0.3) is 11.8 Å². The van der Waals surface area contributed by atoms with Crippen molar-refractivity contribution in [1.82, 2.24) is 10.6 Å². The number of anilines is 1. The van der Waals surface area contributed by atoms with Crippen LogP contribution in [0.25, 0.3) is 0 Å². The topological polar surface area (TPSA) is 108 Å². The van der Waals surface area contributed by atoms with E-state index in [4.69, 9.17) is 4.99 Å². The number of nitrogens with one attached hydrogen (secondary N) is 2. The van der Waals surface area contributed by atoms with Crippen molar-refractivity contribution in [3.63, 3.8) is 0 Å². The van der Waals surface area contributed by atoms with Crippen molar-refractivity contribution in [3.05, 3.63) is 65.7 Å². The molecule has 35 heavy (non-hydrogen) atoms. The SMILES string of the molecule is C[C@H](NC(=O)C(=O)c1ccccc1)C(=O)NC1N=C(C2CCCCC2)c2ccccc2N(C)C1=O. The molecule has 3 amide bonds. The van der Waals surface area contributed by atoms with Crippen molar-refractivity contribution >= 4 is 34.9 Å². The Bertz CT molecular complexity index is 1150. The second kappa shape index (κ2) is 10.6. The first-order valence-electron chi connectivity index (χ1n) is 12.0. The Balaban J connectivity index is 1.53. The largest absolute Gasteiger partial charge is 0.338 e. The van der Waals surface area contributed by atoms with Crippen LogP contribution in [0.1, 0.15) is 54.9 Å². The van der Waals surface area contributed by atoms with Gasteiger partial charge in [-0.2, -0.15) is 0 Å². The molecule has 1 aliphatic heterocycles. The number of carbonyl (C=O) groups is 4. The molecule has 8 heteroatoms. The molecule has 2 aliphatic rings. The van der Waals surface area contributed by atoms with Gasteiger partial charge in [-0.1, -0.05) is 67.8 Å². The molecule has 4 rings (SSSR count). The molecule has 1 saturated carbocycles. The van der Waals surface area contributed by atoms with Crippen LogP contribution in [0.15, 0.2) is 59.6 Å². The molecule has 2 aromatic rings. The Kier molecular flexibility index (Phi) is 7.39. The number of nitrogens with zero attached hydrogens (tertiary/aromatic N) is 2. The van der Waals surface area contributed by atoms with E-state index in [1.165, 1.54) is 30.4 Å². The summed E-state index contributed by atoms with van der Waals surface area (Å²) in [4.78, 5) is 57.2. The van der Waals surface area contributed by atoms with Crippen LogP contribution in [0.4, 0.5) is 5.69 Å². The third kappa shape index (κ3) is 5.31. The maximum absolute atomic E-state index is 13.3. The summed E-state index contributed by atoms with van der Waals surface area (Å²) >= 11 is 0. The van der Waals surface area contributed by atoms with Gasteiger partial charge < -0.3 is 15.5 Å². The van der Waals surface area contributed by atoms with E-state index in [1.807, 2.05) is 24.3 Å². The number of Topliss-reactive ketones (excluding diaryl/α,β-unsaturated/α-hetero) is 1. The molecular formula is C27H30N4O4.